The number of ether oxygens (including phenoxy) is 1. The van der Waals surface area contributed by atoms with Crippen LogP contribution in [0.5, 0.6) is 0 Å². The van der Waals surface area contributed by atoms with Crippen molar-refractivity contribution >= 4 is 33.5 Å². The van der Waals surface area contributed by atoms with Crippen molar-refractivity contribution in [1.29, 1.82) is 0 Å². The Hall–Kier alpha value is -1.60. The molecule has 0 saturated heterocycles. The summed E-state index contributed by atoms with van der Waals surface area (Å²) < 4.78 is 5.92. The number of hydrogen-bond acceptors (Lipinski definition) is 3. The number of anilines is 1. The van der Waals surface area contributed by atoms with E-state index in [1.54, 1.807) is 7.11 Å². The number of amides is 1. The van der Waals surface area contributed by atoms with Crippen LogP contribution in [0.1, 0.15) is 18.9 Å². The van der Waals surface area contributed by atoms with E-state index in [0.29, 0.717) is 19.1 Å². The molecule has 0 spiro atoms. The molecule has 0 radical (unpaired) electrons. The van der Waals surface area contributed by atoms with Gasteiger partial charge in [-0.05, 0) is 31.5 Å². The number of benzene rings is 1. The fourth-order valence-corrected chi connectivity index (χ4v) is 2.17. The normalized spacial score (nSPS) is 12.8. The number of nitrogens with one attached hydrogen (secondary N) is 2. The van der Waals surface area contributed by atoms with Gasteiger partial charge in [-0.25, -0.2) is 0 Å². The number of methoxy groups -OCH3 is 1. The van der Waals surface area contributed by atoms with Crippen molar-refractivity contribution in [3.05, 3.63) is 28.2 Å². The Bertz CT molecular complexity index is 534. The van der Waals surface area contributed by atoms with Crippen LogP contribution in [-0.4, -0.2) is 38.2 Å². The van der Waals surface area contributed by atoms with Crippen molar-refractivity contribution in [2.75, 3.05) is 25.6 Å². The molecule has 0 fully saturated rings. The van der Waals surface area contributed by atoms with Crippen LogP contribution in [0, 0.1) is 6.92 Å². The number of aryl methyl sites for hydroxylation is 1. The second-order valence-electron chi connectivity index (χ2n) is 5.03. The van der Waals surface area contributed by atoms with Gasteiger partial charge in [0, 0.05) is 29.7 Å². The number of guanidine groups is 1. The van der Waals surface area contributed by atoms with Crippen molar-refractivity contribution in [3.8, 4) is 0 Å². The Morgan fingerprint density at radius 3 is 2.91 bits per heavy atom. The monoisotopic (exact) mass is 370 g/mol. The van der Waals surface area contributed by atoms with Crippen LogP contribution in [-0.2, 0) is 9.53 Å². The van der Waals surface area contributed by atoms with E-state index >= 15 is 0 Å². The van der Waals surface area contributed by atoms with E-state index in [0.717, 1.165) is 15.7 Å². The van der Waals surface area contributed by atoms with Crippen molar-refractivity contribution in [2.45, 2.75) is 26.3 Å². The zero-order chi connectivity index (χ0) is 16.5. The molecule has 122 valence electrons. The minimum atomic E-state index is -0.0947. The van der Waals surface area contributed by atoms with Crippen molar-refractivity contribution in [3.63, 3.8) is 0 Å². The van der Waals surface area contributed by atoms with E-state index < -0.39 is 0 Å². The van der Waals surface area contributed by atoms with Gasteiger partial charge in [-0.1, -0.05) is 22.0 Å². The van der Waals surface area contributed by atoms with E-state index in [-0.39, 0.29) is 18.4 Å². The predicted molar refractivity (Wildman–Crippen MR) is 93.1 cm³/mol. The summed E-state index contributed by atoms with van der Waals surface area (Å²) >= 11 is 3.39. The molecule has 0 heterocycles. The van der Waals surface area contributed by atoms with E-state index in [9.17, 15) is 4.79 Å². The molecule has 4 N–H and O–H groups in total. The summed E-state index contributed by atoms with van der Waals surface area (Å²) in [6, 6.07) is 5.82. The summed E-state index contributed by atoms with van der Waals surface area (Å²) in [6.07, 6.45) is 0.271. The van der Waals surface area contributed by atoms with Gasteiger partial charge in [-0.15, -0.1) is 0 Å². The third-order valence-corrected chi connectivity index (χ3v) is 3.40. The summed E-state index contributed by atoms with van der Waals surface area (Å²) in [5.41, 5.74) is 7.54. The highest BCUT2D eigenvalue weighted by molar-refractivity contribution is 9.10. The summed E-state index contributed by atoms with van der Waals surface area (Å²) in [7, 11) is 1.62. The first-order chi connectivity index (χ1) is 10.4. The van der Waals surface area contributed by atoms with E-state index in [2.05, 4.69) is 31.6 Å². The van der Waals surface area contributed by atoms with Gasteiger partial charge in [0.2, 0.25) is 5.91 Å². The van der Waals surface area contributed by atoms with Crippen molar-refractivity contribution < 1.29 is 9.53 Å². The Kier molecular flexibility index (Phi) is 7.90. The molecule has 0 aromatic heterocycles. The second-order valence-corrected chi connectivity index (χ2v) is 5.94. The largest absolute Gasteiger partial charge is 0.383 e. The van der Waals surface area contributed by atoms with Gasteiger partial charge in [0.05, 0.1) is 13.2 Å². The smallest absolute Gasteiger partial charge is 0.226 e. The van der Waals surface area contributed by atoms with Crippen LogP contribution in [0.2, 0.25) is 0 Å². The lowest BCUT2D eigenvalue weighted by Gasteiger charge is -2.13. The average Bonchev–Trinajstić information content (AvgIpc) is 2.43. The quantitative estimate of drug-likeness (QED) is 0.506. The second kappa shape index (κ2) is 9.42. The maximum absolute atomic E-state index is 11.9. The van der Waals surface area contributed by atoms with Crippen LogP contribution in [0.3, 0.4) is 0 Å². The maximum Gasteiger partial charge on any atom is 0.226 e. The minimum Gasteiger partial charge on any atom is -0.383 e. The average molecular weight is 371 g/mol. The van der Waals surface area contributed by atoms with Crippen LogP contribution in [0.15, 0.2) is 27.7 Å². The van der Waals surface area contributed by atoms with Gasteiger partial charge in [0.15, 0.2) is 5.96 Å². The molecule has 0 aliphatic rings. The number of aliphatic imine (C=N–C) groups is 1. The number of nitrogens with two attached hydrogens (primary N) is 1. The summed E-state index contributed by atoms with van der Waals surface area (Å²) in [5, 5.41) is 5.85. The van der Waals surface area contributed by atoms with Gasteiger partial charge in [0.25, 0.3) is 0 Å². The van der Waals surface area contributed by atoms with Crippen LogP contribution >= 0.6 is 15.9 Å². The highest BCUT2D eigenvalue weighted by Gasteiger charge is 2.06. The number of nitrogens with zero attached hydrogens (tertiary/aromatic N) is 1. The minimum absolute atomic E-state index is 0.0758. The molecule has 7 heteroatoms. The topological polar surface area (TPSA) is 88.7 Å². The van der Waals surface area contributed by atoms with Gasteiger partial charge in [-0.2, -0.15) is 0 Å². The lowest BCUT2D eigenvalue weighted by molar-refractivity contribution is -0.116. The van der Waals surface area contributed by atoms with Gasteiger partial charge in [-0.3, -0.25) is 9.79 Å². The molecule has 0 aliphatic carbocycles. The molecule has 1 rings (SSSR count). The van der Waals surface area contributed by atoms with E-state index in [4.69, 9.17) is 10.5 Å². The molecule has 6 nitrogen and oxygen atoms in total. The highest BCUT2D eigenvalue weighted by atomic mass is 79.9. The lowest BCUT2D eigenvalue weighted by Crippen LogP contribution is -2.40. The van der Waals surface area contributed by atoms with Gasteiger partial charge < -0.3 is 21.1 Å². The number of rotatable bonds is 7. The van der Waals surface area contributed by atoms with Crippen LogP contribution < -0.4 is 16.4 Å². The molecule has 1 atom stereocenters. The molecule has 1 aromatic rings. The number of carbonyl (C=O) groups is 1. The standard InChI is InChI=1S/C15H23BrN4O2/c1-10-4-5-12(16)8-13(10)20-14(21)6-7-18-15(17)19-11(2)9-22-3/h4-5,8,11H,6-7,9H2,1-3H3,(H,20,21)(H3,17,18,19). The van der Waals surface area contributed by atoms with Crippen LogP contribution in [0.25, 0.3) is 0 Å². The molecule has 1 amide bonds. The first kappa shape index (κ1) is 18.4. The third kappa shape index (κ3) is 6.91. The Morgan fingerprint density at radius 2 is 2.23 bits per heavy atom. The van der Waals surface area contributed by atoms with E-state index in [1.165, 1.54) is 0 Å². The van der Waals surface area contributed by atoms with Gasteiger partial charge in [0.1, 0.15) is 0 Å². The van der Waals surface area contributed by atoms with E-state index in [1.807, 2.05) is 32.0 Å². The fourth-order valence-electron chi connectivity index (χ4n) is 1.81. The Balaban J connectivity index is 2.41. The van der Waals surface area contributed by atoms with Crippen molar-refractivity contribution in [2.24, 2.45) is 10.7 Å². The SMILES string of the molecule is COCC(C)NC(N)=NCCC(=O)Nc1cc(Br)ccc1C. The molecule has 0 saturated carbocycles. The maximum atomic E-state index is 11.9. The molecule has 1 aromatic carbocycles. The fraction of sp³-hybridized carbons (Fsp3) is 0.467. The van der Waals surface area contributed by atoms with Crippen molar-refractivity contribution in [1.82, 2.24) is 5.32 Å². The Morgan fingerprint density at radius 1 is 1.50 bits per heavy atom. The Labute approximate surface area is 139 Å². The molecular formula is C15H23BrN4O2. The first-order valence-electron chi connectivity index (χ1n) is 7.03. The third-order valence-electron chi connectivity index (χ3n) is 2.91. The zero-order valence-electron chi connectivity index (χ0n) is 13.1. The molecule has 0 aliphatic heterocycles. The molecule has 1 unspecified atom stereocenters. The number of halogens is 1. The first-order valence-corrected chi connectivity index (χ1v) is 7.83. The predicted octanol–water partition coefficient (Wildman–Crippen LogP) is 2.03. The summed E-state index contributed by atoms with van der Waals surface area (Å²) in [4.78, 5) is 16.0. The summed E-state index contributed by atoms with van der Waals surface area (Å²) in [6.45, 7) is 4.75. The highest BCUT2D eigenvalue weighted by Crippen LogP contribution is 2.20. The number of hydrogen-bond donors (Lipinski definition) is 3. The molecule has 0 bridgehead atoms. The molecular weight excluding hydrogens is 348 g/mol. The zero-order valence-corrected chi connectivity index (χ0v) is 14.7. The summed E-state index contributed by atoms with van der Waals surface area (Å²) in [5.74, 6) is 0.221. The lowest BCUT2D eigenvalue weighted by atomic mass is 10.2. The number of carbonyl (C=O) groups excluding carboxylic acids is 1. The van der Waals surface area contributed by atoms with Gasteiger partial charge >= 0.3 is 0 Å². The molecule has 22 heavy (non-hydrogen) atoms. The van der Waals surface area contributed by atoms with Crippen LogP contribution in [0.4, 0.5) is 5.69 Å².